The second-order valence-electron chi connectivity index (χ2n) is 2.72. The maximum atomic E-state index is 11.1. The summed E-state index contributed by atoms with van der Waals surface area (Å²) in [5.41, 5.74) is 6.10. The van der Waals surface area contributed by atoms with Crippen LogP contribution >= 0.6 is 0 Å². The van der Waals surface area contributed by atoms with Gasteiger partial charge in [0.05, 0.1) is 5.56 Å². The van der Waals surface area contributed by atoms with Gasteiger partial charge in [-0.25, -0.2) is 0 Å². The van der Waals surface area contributed by atoms with E-state index in [1.807, 2.05) is 13.8 Å². The number of hydrogen-bond acceptors (Lipinski definition) is 2. The number of anilines is 1. The summed E-state index contributed by atoms with van der Waals surface area (Å²) in [7, 11) is 0. The van der Waals surface area contributed by atoms with Gasteiger partial charge in [-0.2, -0.15) is 0 Å². The molecule has 0 saturated carbocycles. The molecule has 0 aliphatic carbocycles. The molecule has 4 heteroatoms. The van der Waals surface area contributed by atoms with Crippen molar-refractivity contribution in [3.05, 3.63) is 15.9 Å². The van der Waals surface area contributed by atoms with E-state index in [9.17, 15) is 4.79 Å². The van der Waals surface area contributed by atoms with Crippen LogP contribution in [0.15, 0.2) is 4.79 Å². The lowest BCUT2D eigenvalue weighted by Crippen LogP contribution is -2.09. The Balaban J connectivity index is 3.10. The molecule has 0 fully saturated rings. The van der Waals surface area contributed by atoms with Crippen molar-refractivity contribution in [1.82, 2.24) is 10.2 Å². The highest BCUT2D eigenvalue weighted by molar-refractivity contribution is 5.39. The molecule has 62 valence electrons. The maximum Gasteiger partial charge on any atom is 0.269 e. The molecule has 0 unspecified atom stereocenters. The predicted molar refractivity (Wildman–Crippen MR) is 44.5 cm³/mol. The summed E-state index contributed by atoms with van der Waals surface area (Å²) in [5.74, 6) is 0.689. The summed E-state index contributed by atoms with van der Waals surface area (Å²) >= 11 is 0. The van der Waals surface area contributed by atoms with Gasteiger partial charge in [-0.15, -0.1) is 0 Å². The number of aromatic amines is 2. The summed E-state index contributed by atoms with van der Waals surface area (Å²) in [6.07, 6.45) is 0.922. The van der Waals surface area contributed by atoms with Crippen molar-refractivity contribution < 1.29 is 0 Å². The van der Waals surface area contributed by atoms with E-state index in [2.05, 4.69) is 10.2 Å². The molecule has 0 aliphatic rings. The van der Waals surface area contributed by atoms with Crippen LogP contribution in [-0.4, -0.2) is 10.2 Å². The highest BCUT2D eigenvalue weighted by atomic mass is 16.1. The lowest BCUT2D eigenvalue weighted by Gasteiger charge is -2.03. The van der Waals surface area contributed by atoms with Gasteiger partial charge in [0.25, 0.3) is 5.56 Å². The van der Waals surface area contributed by atoms with Crippen LogP contribution in [0.4, 0.5) is 5.82 Å². The molecule has 0 aliphatic heterocycles. The normalized spacial score (nSPS) is 13.3. The van der Waals surface area contributed by atoms with E-state index in [0.29, 0.717) is 11.4 Å². The first-order valence-corrected chi connectivity index (χ1v) is 3.72. The molecule has 0 spiro atoms. The van der Waals surface area contributed by atoms with Gasteiger partial charge in [-0.05, 0) is 12.3 Å². The standard InChI is InChI=1S/C7H13N3O/c1-3-4(2)5-6(8)9-10-7(5)11/h4H,3H2,1-2H3,(H4,8,9,10,11)/t4-/m1/s1. The number of nitrogen functional groups attached to an aromatic ring is 1. The Morgan fingerprint density at radius 1 is 1.55 bits per heavy atom. The largest absolute Gasteiger partial charge is 0.384 e. The van der Waals surface area contributed by atoms with Crippen molar-refractivity contribution >= 4 is 5.82 Å². The second-order valence-corrected chi connectivity index (χ2v) is 2.72. The SMILES string of the molecule is CC[C@@H](C)c1c(N)[nH][nH]c1=O. The van der Waals surface area contributed by atoms with Crippen LogP contribution in [-0.2, 0) is 0 Å². The van der Waals surface area contributed by atoms with E-state index >= 15 is 0 Å². The zero-order valence-corrected chi connectivity index (χ0v) is 6.77. The highest BCUT2D eigenvalue weighted by Crippen LogP contribution is 2.18. The molecule has 0 bridgehead atoms. The average molecular weight is 155 g/mol. The zero-order chi connectivity index (χ0) is 8.43. The highest BCUT2D eigenvalue weighted by Gasteiger charge is 2.12. The minimum atomic E-state index is -0.100. The van der Waals surface area contributed by atoms with Gasteiger partial charge in [-0.3, -0.25) is 15.0 Å². The van der Waals surface area contributed by atoms with Crippen LogP contribution in [0.5, 0.6) is 0 Å². The van der Waals surface area contributed by atoms with Crippen molar-refractivity contribution in [2.75, 3.05) is 5.73 Å². The number of aromatic nitrogens is 2. The summed E-state index contributed by atoms with van der Waals surface area (Å²) in [5, 5.41) is 5.04. The molecule has 0 saturated heterocycles. The van der Waals surface area contributed by atoms with Gasteiger partial charge < -0.3 is 5.73 Å². The Morgan fingerprint density at radius 3 is 2.55 bits per heavy atom. The van der Waals surface area contributed by atoms with E-state index in [4.69, 9.17) is 5.73 Å². The lowest BCUT2D eigenvalue weighted by atomic mass is 10.0. The first kappa shape index (κ1) is 7.91. The quantitative estimate of drug-likeness (QED) is 0.591. The van der Waals surface area contributed by atoms with E-state index in [0.717, 1.165) is 6.42 Å². The molecule has 0 aromatic carbocycles. The van der Waals surface area contributed by atoms with Crippen LogP contribution in [0.2, 0.25) is 0 Å². The molecular weight excluding hydrogens is 142 g/mol. The van der Waals surface area contributed by atoms with Gasteiger partial charge in [0.1, 0.15) is 5.82 Å². The van der Waals surface area contributed by atoms with E-state index in [1.54, 1.807) is 0 Å². The first-order chi connectivity index (χ1) is 5.16. The number of nitrogens with two attached hydrogens (primary N) is 1. The van der Waals surface area contributed by atoms with Crippen LogP contribution in [0.3, 0.4) is 0 Å². The first-order valence-electron chi connectivity index (χ1n) is 3.72. The summed E-state index contributed by atoms with van der Waals surface area (Å²) < 4.78 is 0. The fourth-order valence-electron chi connectivity index (χ4n) is 1.07. The fraction of sp³-hybridized carbons (Fsp3) is 0.571. The van der Waals surface area contributed by atoms with Crippen LogP contribution in [0.25, 0.3) is 0 Å². The van der Waals surface area contributed by atoms with Gasteiger partial charge >= 0.3 is 0 Å². The number of H-pyrrole nitrogens is 2. The molecule has 1 atom stereocenters. The third kappa shape index (κ3) is 1.29. The summed E-state index contributed by atoms with van der Waals surface area (Å²) in [4.78, 5) is 11.1. The fourth-order valence-corrected chi connectivity index (χ4v) is 1.07. The lowest BCUT2D eigenvalue weighted by molar-refractivity contribution is 0.730. The minimum absolute atomic E-state index is 0.100. The smallest absolute Gasteiger partial charge is 0.269 e. The van der Waals surface area contributed by atoms with E-state index in [-0.39, 0.29) is 11.5 Å². The van der Waals surface area contributed by atoms with E-state index in [1.165, 1.54) is 0 Å². The molecule has 4 N–H and O–H groups in total. The molecule has 1 aromatic heterocycles. The average Bonchev–Trinajstić information content (AvgIpc) is 2.30. The van der Waals surface area contributed by atoms with Crippen LogP contribution < -0.4 is 11.3 Å². The Labute approximate surface area is 64.8 Å². The number of rotatable bonds is 2. The third-order valence-electron chi connectivity index (χ3n) is 1.95. The zero-order valence-electron chi connectivity index (χ0n) is 6.77. The predicted octanol–water partition coefficient (Wildman–Crippen LogP) is 0.799. The second kappa shape index (κ2) is 2.82. The number of nitrogens with one attached hydrogen (secondary N) is 2. The molecule has 4 nitrogen and oxygen atoms in total. The van der Waals surface area contributed by atoms with Crippen molar-refractivity contribution in [2.24, 2.45) is 0 Å². The van der Waals surface area contributed by atoms with Crippen molar-refractivity contribution in [3.8, 4) is 0 Å². The summed E-state index contributed by atoms with van der Waals surface area (Å²) in [6.45, 7) is 4.01. The molecular formula is C7H13N3O. The van der Waals surface area contributed by atoms with Gasteiger partial charge in [0.15, 0.2) is 0 Å². The van der Waals surface area contributed by atoms with Gasteiger partial charge in [0, 0.05) is 0 Å². The Kier molecular flexibility index (Phi) is 2.03. The molecule has 1 heterocycles. The summed E-state index contributed by atoms with van der Waals surface area (Å²) in [6, 6.07) is 0. The monoisotopic (exact) mass is 155 g/mol. The Morgan fingerprint density at radius 2 is 2.18 bits per heavy atom. The number of hydrogen-bond donors (Lipinski definition) is 3. The van der Waals surface area contributed by atoms with E-state index < -0.39 is 0 Å². The molecule has 1 rings (SSSR count). The van der Waals surface area contributed by atoms with Crippen molar-refractivity contribution in [3.63, 3.8) is 0 Å². The Bertz CT molecular complexity index is 286. The van der Waals surface area contributed by atoms with Crippen LogP contribution in [0, 0.1) is 0 Å². The molecule has 1 aromatic rings. The molecule has 0 amide bonds. The van der Waals surface area contributed by atoms with Crippen LogP contribution in [0.1, 0.15) is 31.7 Å². The van der Waals surface area contributed by atoms with Crippen molar-refractivity contribution in [2.45, 2.75) is 26.2 Å². The minimum Gasteiger partial charge on any atom is -0.384 e. The molecule has 11 heavy (non-hydrogen) atoms. The molecule has 0 radical (unpaired) electrons. The third-order valence-corrected chi connectivity index (χ3v) is 1.95. The maximum absolute atomic E-state index is 11.1. The topological polar surface area (TPSA) is 74.7 Å². The van der Waals surface area contributed by atoms with Gasteiger partial charge in [-0.1, -0.05) is 13.8 Å². The Hall–Kier alpha value is -1.19. The van der Waals surface area contributed by atoms with Gasteiger partial charge in [0.2, 0.25) is 0 Å². The van der Waals surface area contributed by atoms with Crippen molar-refractivity contribution in [1.29, 1.82) is 0 Å².